The van der Waals surface area contributed by atoms with Gasteiger partial charge in [-0.1, -0.05) is 12.1 Å². The van der Waals surface area contributed by atoms with Crippen molar-refractivity contribution in [2.24, 2.45) is 0 Å². The Morgan fingerprint density at radius 2 is 1.61 bits per heavy atom. The van der Waals surface area contributed by atoms with Gasteiger partial charge < -0.3 is 9.30 Å². The Morgan fingerprint density at radius 1 is 0.929 bits per heavy atom. The van der Waals surface area contributed by atoms with Crippen LogP contribution in [0.3, 0.4) is 0 Å². The highest BCUT2D eigenvalue weighted by molar-refractivity contribution is 6.00. The molecule has 0 radical (unpaired) electrons. The van der Waals surface area contributed by atoms with E-state index in [-0.39, 0.29) is 37.1 Å². The van der Waals surface area contributed by atoms with Gasteiger partial charge in [0.05, 0.1) is 6.42 Å². The van der Waals surface area contributed by atoms with Gasteiger partial charge in [-0.05, 0) is 64.8 Å². The van der Waals surface area contributed by atoms with Crippen molar-refractivity contribution >= 4 is 17.5 Å². The lowest BCUT2D eigenvalue weighted by Gasteiger charge is -2.13. The summed E-state index contributed by atoms with van der Waals surface area (Å²) in [5.41, 5.74) is 5.20. The maximum Gasteiger partial charge on any atom is 0.306 e. The minimum atomic E-state index is -0.539. The van der Waals surface area contributed by atoms with Crippen LogP contribution in [-0.2, 0) is 9.53 Å². The van der Waals surface area contributed by atoms with Gasteiger partial charge in [-0.25, -0.2) is 0 Å². The quantitative estimate of drug-likeness (QED) is 0.490. The molecule has 5 heteroatoms. The lowest BCUT2D eigenvalue weighted by Crippen LogP contribution is -2.16. The van der Waals surface area contributed by atoms with E-state index in [1.54, 1.807) is 6.07 Å². The molecule has 5 nitrogen and oxygen atoms in total. The largest absolute Gasteiger partial charge is 0.457 e. The summed E-state index contributed by atoms with van der Waals surface area (Å²) in [5, 5.41) is 0. The molecule has 0 spiro atoms. The SMILES string of the molecule is Cc1ccc(C(=O)CCC(=O)OCC(=O)c2cc(C)n(C(C)C)c2C)cc1C. The second-order valence-electron chi connectivity index (χ2n) is 7.55. The number of hydrogen-bond donors (Lipinski definition) is 0. The van der Waals surface area contributed by atoms with Gasteiger partial charge in [0.25, 0.3) is 0 Å². The van der Waals surface area contributed by atoms with Crippen molar-refractivity contribution in [3.8, 4) is 0 Å². The van der Waals surface area contributed by atoms with E-state index < -0.39 is 5.97 Å². The average molecular weight is 383 g/mol. The molecule has 0 bridgehead atoms. The number of ether oxygens (including phenoxy) is 1. The second-order valence-corrected chi connectivity index (χ2v) is 7.55. The molecule has 1 heterocycles. The minimum absolute atomic E-state index is 0.0376. The molecule has 0 fully saturated rings. The van der Waals surface area contributed by atoms with Crippen molar-refractivity contribution in [2.45, 2.75) is 60.4 Å². The molecule has 0 saturated heterocycles. The van der Waals surface area contributed by atoms with Crippen LogP contribution in [0, 0.1) is 27.7 Å². The third-order valence-electron chi connectivity index (χ3n) is 5.05. The van der Waals surface area contributed by atoms with Crippen molar-refractivity contribution < 1.29 is 19.1 Å². The van der Waals surface area contributed by atoms with E-state index in [1.807, 2.05) is 45.9 Å². The molecule has 0 amide bonds. The lowest BCUT2D eigenvalue weighted by atomic mass is 10.0. The topological polar surface area (TPSA) is 65.4 Å². The summed E-state index contributed by atoms with van der Waals surface area (Å²) < 4.78 is 7.18. The number of Topliss-reactive ketones (excluding diaryl/α,β-unsaturated/α-hetero) is 2. The third-order valence-corrected chi connectivity index (χ3v) is 5.05. The molecule has 1 aromatic heterocycles. The molecule has 0 aliphatic rings. The fourth-order valence-electron chi connectivity index (χ4n) is 3.42. The van der Waals surface area contributed by atoms with Crippen molar-refractivity contribution in [1.82, 2.24) is 4.57 Å². The highest BCUT2D eigenvalue weighted by Gasteiger charge is 2.19. The molecule has 1 aromatic carbocycles. The van der Waals surface area contributed by atoms with E-state index in [0.29, 0.717) is 11.1 Å². The van der Waals surface area contributed by atoms with Gasteiger partial charge in [-0.15, -0.1) is 0 Å². The summed E-state index contributed by atoms with van der Waals surface area (Å²) in [4.78, 5) is 36.6. The van der Waals surface area contributed by atoms with Crippen LogP contribution in [-0.4, -0.2) is 28.7 Å². The molecule has 0 aliphatic carbocycles. The van der Waals surface area contributed by atoms with Crippen LogP contribution in [0.1, 0.15) is 76.0 Å². The molecule has 0 unspecified atom stereocenters. The first-order valence-electron chi connectivity index (χ1n) is 9.59. The van der Waals surface area contributed by atoms with Gasteiger partial charge in [0.1, 0.15) is 0 Å². The van der Waals surface area contributed by atoms with Crippen molar-refractivity contribution in [3.05, 3.63) is 57.9 Å². The Kier molecular flexibility index (Phi) is 6.95. The van der Waals surface area contributed by atoms with Gasteiger partial charge in [0, 0.05) is 35.0 Å². The Balaban J connectivity index is 1.88. The second kappa shape index (κ2) is 9.00. The molecule has 150 valence electrons. The highest BCUT2D eigenvalue weighted by Crippen LogP contribution is 2.20. The molecule has 0 aliphatic heterocycles. The normalized spacial score (nSPS) is 11.0. The number of carbonyl (C=O) groups excluding carboxylic acids is 3. The van der Waals surface area contributed by atoms with Crippen LogP contribution in [0.15, 0.2) is 24.3 Å². The van der Waals surface area contributed by atoms with E-state index in [1.165, 1.54) is 0 Å². The van der Waals surface area contributed by atoms with Crippen LogP contribution in [0.25, 0.3) is 0 Å². The zero-order valence-electron chi connectivity index (χ0n) is 17.6. The number of hydrogen-bond acceptors (Lipinski definition) is 4. The molecule has 28 heavy (non-hydrogen) atoms. The summed E-state index contributed by atoms with van der Waals surface area (Å²) in [6, 6.07) is 7.57. The molecule has 0 saturated carbocycles. The third kappa shape index (κ3) is 4.97. The maximum absolute atomic E-state index is 12.4. The molecule has 0 atom stereocenters. The maximum atomic E-state index is 12.4. The zero-order chi connectivity index (χ0) is 21.0. The van der Waals surface area contributed by atoms with Gasteiger partial charge >= 0.3 is 5.97 Å². The monoisotopic (exact) mass is 383 g/mol. The Labute approximate surface area is 166 Å². The first-order valence-corrected chi connectivity index (χ1v) is 9.59. The van der Waals surface area contributed by atoms with Crippen LogP contribution < -0.4 is 0 Å². The first kappa shape index (κ1) is 21.6. The molecular weight excluding hydrogens is 354 g/mol. The predicted octanol–water partition coefficient (Wildman–Crippen LogP) is 4.69. The molecular formula is C23H29NO4. The fraction of sp³-hybridized carbons (Fsp3) is 0.435. The van der Waals surface area contributed by atoms with E-state index in [2.05, 4.69) is 18.4 Å². The number of aromatic nitrogens is 1. The summed E-state index contributed by atoms with van der Waals surface area (Å²) in [7, 11) is 0. The molecule has 0 N–H and O–H groups in total. The van der Waals surface area contributed by atoms with E-state index in [9.17, 15) is 14.4 Å². The minimum Gasteiger partial charge on any atom is -0.457 e. The smallest absolute Gasteiger partial charge is 0.306 e. The van der Waals surface area contributed by atoms with Gasteiger partial charge in [-0.3, -0.25) is 14.4 Å². The number of carbonyl (C=O) groups is 3. The van der Waals surface area contributed by atoms with Crippen LogP contribution in [0.2, 0.25) is 0 Å². The lowest BCUT2D eigenvalue weighted by molar-refractivity contribution is -0.142. The number of ketones is 2. The number of nitrogens with zero attached hydrogens (tertiary/aromatic N) is 1. The number of aryl methyl sites for hydroxylation is 3. The number of benzene rings is 1. The van der Waals surface area contributed by atoms with Crippen molar-refractivity contribution in [2.75, 3.05) is 6.61 Å². The number of rotatable bonds is 8. The Bertz CT molecular complexity index is 906. The predicted molar refractivity (Wildman–Crippen MR) is 109 cm³/mol. The van der Waals surface area contributed by atoms with Crippen molar-refractivity contribution in [3.63, 3.8) is 0 Å². The van der Waals surface area contributed by atoms with E-state index in [4.69, 9.17) is 4.74 Å². The first-order chi connectivity index (χ1) is 13.1. The standard InChI is InChI=1S/C23H29NO4/c1-14(2)24-17(5)12-20(18(24)6)22(26)13-28-23(27)10-9-21(25)19-8-7-15(3)16(4)11-19/h7-8,11-12,14H,9-10,13H2,1-6H3. The molecule has 2 rings (SSSR count). The summed E-state index contributed by atoms with van der Waals surface area (Å²) >= 11 is 0. The number of esters is 1. The molecule has 2 aromatic rings. The highest BCUT2D eigenvalue weighted by atomic mass is 16.5. The van der Waals surface area contributed by atoms with E-state index in [0.717, 1.165) is 22.5 Å². The van der Waals surface area contributed by atoms with Gasteiger partial charge in [0.15, 0.2) is 12.4 Å². The van der Waals surface area contributed by atoms with Crippen LogP contribution in [0.4, 0.5) is 0 Å². The van der Waals surface area contributed by atoms with E-state index >= 15 is 0 Å². The summed E-state index contributed by atoms with van der Waals surface area (Å²) in [5.74, 6) is -0.871. The van der Waals surface area contributed by atoms with Gasteiger partial charge in [-0.2, -0.15) is 0 Å². The summed E-state index contributed by atoms with van der Waals surface area (Å²) in [6.45, 7) is 11.6. The Morgan fingerprint density at radius 3 is 2.18 bits per heavy atom. The van der Waals surface area contributed by atoms with Crippen LogP contribution >= 0.6 is 0 Å². The van der Waals surface area contributed by atoms with Gasteiger partial charge in [0.2, 0.25) is 5.78 Å². The van der Waals surface area contributed by atoms with Crippen molar-refractivity contribution in [1.29, 1.82) is 0 Å². The van der Waals surface area contributed by atoms with Crippen LogP contribution in [0.5, 0.6) is 0 Å². The summed E-state index contributed by atoms with van der Waals surface area (Å²) in [6.07, 6.45) is 0.0292. The Hall–Kier alpha value is -2.69. The fourth-order valence-corrected chi connectivity index (χ4v) is 3.42. The zero-order valence-corrected chi connectivity index (χ0v) is 17.6. The average Bonchev–Trinajstić information content (AvgIpc) is 2.94.